The van der Waals surface area contributed by atoms with E-state index in [1.54, 1.807) is 30.2 Å². The third-order valence-corrected chi connectivity index (χ3v) is 4.70. The van der Waals surface area contributed by atoms with Crippen molar-refractivity contribution in [2.45, 2.75) is 39.2 Å². The second-order valence-corrected chi connectivity index (χ2v) is 6.27. The maximum Gasteiger partial charge on any atom is 0.276 e. The molecule has 0 aromatic carbocycles. The molecule has 106 valence electrons. The first-order valence-corrected chi connectivity index (χ1v) is 7.60. The Kier molecular flexibility index (Phi) is 3.56. The van der Waals surface area contributed by atoms with Crippen molar-refractivity contribution in [1.29, 1.82) is 0 Å². The summed E-state index contributed by atoms with van der Waals surface area (Å²) in [6, 6.07) is 0. The van der Waals surface area contributed by atoms with Crippen LogP contribution in [-0.4, -0.2) is 27.8 Å². The van der Waals surface area contributed by atoms with Gasteiger partial charge in [0.05, 0.1) is 12.2 Å². The van der Waals surface area contributed by atoms with Gasteiger partial charge < -0.3 is 9.32 Å². The van der Waals surface area contributed by atoms with Crippen LogP contribution >= 0.6 is 11.3 Å². The maximum atomic E-state index is 12.3. The normalized spacial score (nSPS) is 14.1. The molecule has 2 aromatic rings. The number of rotatable bonds is 3. The predicted molar refractivity (Wildman–Crippen MR) is 75.8 cm³/mol. The first kappa shape index (κ1) is 13.3. The summed E-state index contributed by atoms with van der Waals surface area (Å²) in [5, 5.41) is 1.01. The summed E-state index contributed by atoms with van der Waals surface area (Å²) < 4.78 is 5.08. The van der Waals surface area contributed by atoms with Crippen molar-refractivity contribution >= 4 is 17.2 Å². The molecule has 0 bridgehead atoms. The number of oxazole rings is 1. The van der Waals surface area contributed by atoms with Crippen molar-refractivity contribution in [3.63, 3.8) is 0 Å². The van der Waals surface area contributed by atoms with Gasteiger partial charge in [-0.3, -0.25) is 4.79 Å². The van der Waals surface area contributed by atoms with E-state index in [1.165, 1.54) is 29.8 Å². The van der Waals surface area contributed by atoms with Crippen molar-refractivity contribution in [1.82, 2.24) is 14.9 Å². The molecule has 6 heteroatoms. The van der Waals surface area contributed by atoms with Crippen LogP contribution in [0.3, 0.4) is 0 Å². The molecule has 1 amide bonds. The van der Waals surface area contributed by atoms with Gasteiger partial charge >= 0.3 is 0 Å². The summed E-state index contributed by atoms with van der Waals surface area (Å²) in [6.45, 7) is 2.28. The lowest BCUT2D eigenvalue weighted by molar-refractivity contribution is 0.0778. The summed E-state index contributed by atoms with van der Waals surface area (Å²) in [6.07, 6.45) is 5.99. The van der Waals surface area contributed by atoms with Crippen molar-refractivity contribution in [3.8, 4) is 0 Å². The Morgan fingerprint density at radius 2 is 2.25 bits per heavy atom. The van der Waals surface area contributed by atoms with Crippen LogP contribution in [0.4, 0.5) is 0 Å². The Labute approximate surface area is 121 Å². The Bertz CT molecular complexity index is 609. The molecule has 0 radical (unpaired) electrons. The maximum absolute atomic E-state index is 12.3. The minimum Gasteiger partial charge on any atom is -0.448 e. The standard InChI is InChI=1S/C14H17N3O2S/c1-9-13(15-8-19-9)14(18)17(2)7-12-16-10-5-3-4-6-11(10)20-12/h8H,3-7H2,1-2H3. The summed E-state index contributed by atoms with van der Waals surface area (Å²) >= 11 is 1.73. The molecule has 5 nitrogen and oxygen atoms in total. The molecule has 0 N–H and O–H groups in total. The molecule has 0 fully saturated rings. The van der Waals surface area contributed by atoms with Crippen LogP contribution < -0.4 is 0 Å². The number of amides is 1. The zero-order chi connectivity index (χ0) is 14.1. The lowest BCUT2D eigenvalue weighted by Crippen LogP contribution is -2.27. The van der Waals surface area contributed by atoms with Gasteiger partial charge in [0, 0.05) is 11.9 Å². The molecule has 0 atom stereocenters. The van der Waals surface area contributed by atoms with E-state index in [2.05, 4.69) is 9.97 Å². The number of hydrogen-bond acceptors (Lipinski definition) is 5. The van der Waals surface area contributed by atoms with E-state index in [0.29, 0.717) is 18.0 Å². The van der Waals surface area contributed by atoms with Gasteiger partial charge in [-0.05, 0) is 32.6 Å². The highest BCUT2D eigenvalue weighted by atomic mass is 32.1. The Morgan fingerprint density at radius 3 is 2.95 bits per heavy atom. The Balaban J connectivity index is 1.72. The zero-order valence-electron chi connectivity index (χ0n) is 11.7. The number of fused-ring (bicyclic) bond motifs is 1. The van der Waals surface area contributed by atoms with Crippen molar-refractivity contribution in [2.24, 2.45) is 0 Å². The van der Waals surface area contributed by atoms with Crippen LogP contribution in [-0.2, 0) is 19.4 Å². The molecule has 2 aromatic heterocycles. The highest BCUT2D eigenvalue weighted by Crippen LogP contribution is 2.27. The molecule has 1 aliphatic rings. The van der Waals surface area contributed by atoms with E-state index in [-0.39, 0.29) is 5.91 Å². The minimum absolute atomic E-state index is 0.121. The van der Waals surface area contributed by atoms with Crippen LogP contribution in [0.1, 0.15) is 44.7 Å². The van der Waals surface area contributed by atoms with Crippen LogP contribution in [0.25, 0.3) is 0 Å². The molecule has 1 aliphatic carbocycles. The number of carbonyl (C=O) groups excluding carboxylic acids is 1. The van der Waals surface area contributed by atoms with Gasteiger partial charge in [-0.1, -0.05) is 0 Å². The third kappa shape index (κ3) is 2.47. The number of aryl methyl sites for hydroxylation is 3. The van der Waals surface area contributed by atoms with Gasteiger partial charge in [-0.2, -0.15) is 0 Å². The average molecular weight is 291 g/mol. The number of aromatic nitrogens is 2. The largest absolute Gasteiger partial charge is 0.448 e. The highest BCUT2D eigenvalue weighted by molar-refractivity contribution is 7.11. The number of nitrogens with zero attached hydrogens (tertiary/aromatic N) is 3. The van der Waals surface area contributed by atoms with E-state index < -0.39 is 0 Å². The van der Waals surface area contributed by atoms with Crippen molar-refractivity contribution < 1.29 is 9.21 Å². The van der Waals surface area contributed by atoms with Gasteiger partial charge in [-0.25, -0.2) is 9.97 Å². The van der Waals surface area contributed by atoms with Gasteiger partial charge in [0.2, 0.25) is 0 Å². The smallest absolute Gasteiger partial charge is 0.276 e. The quantitative estimate of drug-likeness (QED) is 0.872. The summed E-state index contributed by atoms with van der Waals surface area (Å²) in [4.78, 5) is 23.9. The van der Waals surface area contributed by atoms with Gasteiger partial charge in [0.15, 0.2) is 12.1 Å². The Hall–Kier alpha value is -1.69. The fraction of sp³-hybridized carbons (Fsp3) is 0.500. The van der Waals surface area contributed by atoms with E-state index >= 15 is 0 Å². The molecule has 0 aliphatic heterocycles. The van der Waals surface area contributed by atoms with Crippen LogP contribution in [0.2, 0.25) is 0 Å². The number of hydrogen-bond donors (Lipinski definition) is 0. The van der Waals surface area contributed by atoms with E-state index in [0.717, 1.165) is 17.8 Å². The zero-order valence-corrected chi connectivity index (χ0v) is 12.5. The molecule has 0 saturated carbocycles. The molecule has 20 heavy (non-hydrogen) atoms. The second kappa shape index (κ2) is 5.36. The third-order valence-electron chi connectivity index (χ3n) is 3.56. The predicted octanol–water partition coefficient (Wildman–Crippen LogP) is 2.59. The van der Waals surface area contributed by atoms with Crippen molar-refractivity contribution in [2.75, 3.05) is 7.05 Å². The molecule has 0 saturated heterocycles. The average Bonchev–Trinajstić information content (AvgIpc) is 3.03. The van der Waals surface area contributed by atoms with Gasteiger partial charge in [-0.15, -0.1) is 11.3 Å². The summed E-state index contributed by atoms with van der Waals surface area (Å²) in [7, 11) is 1.77. The van der Waals surface area contributed by atoms with Crippen LogP contribution in [0, 0.1) is 6.92 Å². The first-order valence-electron chi connectivity index (χ1n) is 6.78. The fourth-order valence-corrected chi connectivity index (χ4v) is 3.65. The number of thiazole rings is 1. The molecular weight excluding hydrogens is 274 g/mol. The van der Waals surface area contributed by atoms with Gasteiger partial charge in [0.25, 0.3) is 5.91 Å². The van der Waals surface area contributed by atoms with Crippen molar-refractivity contribution in [3.05, 3.63) is 33.4 Å². The van der Waals surface area contributed by atoms with E-state index in [9.17, 15) is 4.79 Å². The molecule has 0 spiro atoms. The SMILES string of the molecule is Cc1ocnc1C(=O)N(C)Cc1nc2c(s1)CCCC2. The van der Waals surface area contributed by atoms with E-state index in [4.69, 9.17) is 4.42 Å². The lowest BCUT2D eigenvalue weighted by atomic mass is 10.0. The summed E-state index contributed by atoms with van der Waals surface area (Å²) in [5.41, 5.74) is 1.61. The molecule has 3 rings (SSSR count). The fourth-order valence-electron chi connectivity index (χ4n) is 2.44. The number of carbonyl (C=O) groups is 1. The molecular formula is C14H17N3O2S. The summed E-state index contributed by atoms with van der Waals surface area (Å²) in [5.74, 6) is 0.435. The van der Waals surface area contributed by atoms with Gasteiger partial charge in [0.1, 0.15) is 10.8 Å². The monoisotopic (exact) mass is 291 g/mol. The van der Waals surface area contributed by atoms with Crippen LogP contribution in [0.5, 0.6) is 0 Å². The highest BCUT2D eigenvalue weighted by Gasteiger charge is 2.21. The van der Waals surface area contributed by atoms with E-state index in [1.807, 2.05) is 0 Å². The minimum atomic E-state index is -0.121. The topological polar surface area (TPSA) is 59.2 Å². The second-order valence-electron chi connectivity index (χ2n) is 5.10. The lowest BCUT2D eigenvalue weighted by Gasteiger charge is -2.14. The molecule has 2 heterocycles. The van der Waals surface area contributed by atoms with Crippen LogP contribution in [0.15, 0.2) is 10.8 Å². The first-order chi connectivity index (χ1) is 9.65. The molecule has 0 unspecified atom stereocenters. The Morgan fingerprint density at radius 1 is 1.45 bits per heavy atom.